The maximum absolute atomic E-state index is 10.6. The summed E-state index contributed by atoms with van der Waals surface area (Å²) in [6.07, 6.45) is 0.742. The molecule has 0 aliphatic heterocycles. The molecule has 0 aromatic heterocycles. The zero-order valence-corrected chi connectivity index (χ0v) is 11.5. The van der Waals surface area contributed by atoms with Crippen molar-refractivity contribution in [3.63, 3.8) is 0 Å². The van der Waals surface area contributed by atoms with Crippen LogP contribution >= 0.6 is 12.6 Å². The molecule has 0 amide bonds. The number of hydrogen-bond acceptors (Lipinski definition) is 2. The van der Waals surface area contributed by atoms with E-state index in [2.05, 4.69) is 12.6 Å². The summed E-state index contributed by atoms with van der Waals surface area (Å²) in [6, 6.07) is 0. The monoisotopic (exact) mass is 208 g/mol. The van der Waals surface area contributed by atoms with E-state index in [1.165, 1.54) is 0 Å². The lowest BCUT2D eigenvalue weighted by molar-refractivity contribution is -0.138. The van der Waals surface area contributed by atoms with Crippen LogP contribution < -0.4 is 0 Å². The van der Waals surface area contributed by atoms with Crippen LogP contribution in [0.15, 0.2) is 0 Å². The van der Waals surface area contributed by atoms with Gasteiger partial charge in [0.25, 0.3) is 0 Å². The third kappa shape index (κ3) is 4.38. The number of thiol groups is 1. The minimum Gasteiger partial charge on any atom is -0.481 e. The van der Waals surface area contributed by atoms with E-state index >= 15 is 0 Å². The summed E-state index contributed by atoms with van der Waals surface area (Å²) in [4.78, 5) is 21.0. The van der Waals surface area contributed by atoms with E-state index in [1.807, 2.05) is 0 Å². The van der Waals surface area contributed by atoms with E-state index in [0.29, 0.717) is 26.9 Å². The van der Waals surface area contributed by atoms with Gasteiger partial charge in [-0.15, -0.1) is 12.6 Å². The second kappa shape index (κ2) is 4.08. The summed E-state index contributed by atoms with van der Waals surface area (Å²) < 4.78 is -0.543. The van der Waals surface area contributed by atoms with Crippen LogP contribution in [-0.4, -0.2) is 36.7 Å². The Hall–Kier alpha value is -0.0762. The standard InChI is InChI=1S/C5H12O3SSi2/c6-3(9)1-2-5(10,11)4(7)8/h1-2H2,10-11H3,(H,6,9)(H,7,8). The van der Waals surface area contributed by atoms with Crippen LogP contribution in [0.1, 0.15) is 12.8 Å². The predicted octanol–water partition coefficient (Wildman–Crippen LogP) is -1.85. The number of carbonyl (C=O) groups excluding carboxylic acids is 1. The Bertz CT molecular complexity index is 181. The average molecular weight is 208 g/mol. The first-order valence-electron chi connectivity index (χ1n) is 3.31. The van der Waals surface area contributed by atoms with Crippen LogP contribution in [0.5, 0.6) is 0 Å². The Balaban J connectivity index is 3.92. The van der Waals surface area contributed by atoms with Crippen molar-refractivity contribution in [2.24, 2.45) is 0 Å². The van der Waals surface area contributed by atoms with Crippen LogP contribution in [0.2, 0.25) is 4.66 Å². The van der Waals surface area contributed by atoms with Gasteiger partial charge in [0.05, 0.1) is 0 Å². The number of carboxylic acids is 1. The average Bonchev–Trinajstić information content (AvgIpc) is 1.84. The zero-order chi connectivity index (χ0) is 9.07. The summed E-state index contributed by atoms with van der Waals surface area (Å²) in [6.45, 7) is 0. The molecule has 0 radical (unpaired) electrons. The molecule has 0 fully saturated rings. The molecule has 0 aliphatic rings. The summed E-state index contributed by atoms with van der Waals surface area (Å²) in [5.74, 6) is -0.759. The third-order valence-electron chi connectivity index (χ3n) is 1.54. The molecule has 6 heteroatoms. The van der Waals surface area contributed by atoms with E-state index in [1.54, 1.807) is 0 Å². The highest BCUT2D eigenvalue weighted by Gasteiger charge is 2.26. The molecule has 0 saturated carbocycles. The molecule has 0 rings (SSSR count). The van der Waals surface area contributed by atoms with Gasteiger partial charge in [0.2, 0.25) is 0 Å². The smallest absolute Gasteiger partial charge is 0.302 e. The van der Waals surface area contributed by atoms with Gasteiger partial charge in [0.1, 0.15) is 0 Å². The second-order valence-electron chi connectivity index (χ2n) is 3.08. The van der Waals surface area contributed by atoms with Crippen molar-refractivity contribution in [3.8, 4) is 0 Å². The third-order valence-corrected chi connectivity index (χ3v) is 3.62. The predicted molar refractivity (Wildman–Crippen MR) is 53.4 cm³/mol. The first kappa shape index (κ1) is 10.9. The van der Waals surface area contributed by atoms with E-state index in [-0.39, 0.29) is 11.5 Å². The molecule has 64 valence electrons. The minimum absolute atomic E-state index is 0.220. The summed E-state index contributed by atoms with van der Waals surface area (Å²) in [5.41, 5.74) is 0. The largest absolute Gasteiger partial charge is 0.481 e. The lowest BCUT2D eigenvalue weighted by Crippen LogP contribution is -2.24. The van der Waals surface area contributed by atoms with Crippen LogP contribution in [-0.2, 0) is 9.59 Å². The molecule has 11 heavy (non-hydrogen) atoms. The van der Waals surface area contributed by atoms with Gasteiger partial charge in [-0.05, 0) is 6.42 Å². The highest BCUT2D eigenvalue weighted by atomic mass is 32.1. The number of aliphatic carboxylic acids is 1. The van der Waals surface area contributed by atoms with Gasteiger partial charge < -0.3 is 5.11 Å². The molecule has 0 atom stereocenters. The second-order valence-corrected chi connectivity index (χ2v) is 10.00. The van der Waals surface area contributed by atoms with Gasteiger partial charge in [0, 0.05) is 31.6 Å². The van der Waals surface area contributed by atoms with Crippen LogP contribution in [0, 0.1) is 0 Å². The van der Waals surface area contributed by atoms with E-state index in [9.17, 15) is 9.59 Å². The van der Waals surface area contributed by atoms with Gasteiger partial charge in [-0.1, -0.05) is 0 Å². The van der Waals surface area contributed by atoms with Gasteiger partial charge in [-0.25, -0.2) is 0 Å². The molecule has 0 saturated heterocycles. The lowest BCUT2D eigenvalue weighted by atomic mass is 10.2. The molecule has 1 N–H and O–H groups in total. The van der Waals surface area contributed by atoms with Gasteiger partial charge >= 0.3 is 5.97 Å². The molecule has 0 aromatic rings. The Morgan fingerprint density at radius 2 is 1.91 bits per heavy atom. The number of carboxylic acid groups (broad SMARTS) is 1. The lowest BCUT2D eigenvalue weighted by Gasteiger charge is -2.17. The molecule has 3 nitrogen and oxygen atoms in total. The van der Waals surface area contributed by atoms with Crippen LogP contribution in [0.25, 0.3) is 0 Å². The highest BCUT2D eigenvalue weighted by molar-refractivity contribution is 7.96. The number of rotatable bonds is 4. The fourth-order valence-corrected chi connectivity index (χ4v) is 1.14. The molecule has 0 unspecified atom stereocenters. The van der Waals surface area contributed by atoms with Gasteiger partial charge in [-0.2, -0.15) is 0 Å². The molecule has 0 heterocycles. The molecule has 0 aliphatic carbocycles. The van der Waals surface area contributed by atoms with Crippen molar-refractivity contribution in [3.05, 3.63) is 0 Å². The number of hydrogen-bond donors (Lipinski definition) is 2. The van der Waals surface area contributed by atoms with Crippen molar-refractivity contribution in [1.29, 1.82) is 0 Å². The Kier molecular flexibility index (Phi) is 4.05. The SMILES string of the molecule is O=C(S)CCC([SiH3])([SiH3])C(=O)O. The summed E-state index contributed by atoms with van der Waals surface area (Å²) in [7, 11) is 1.23. The van der Waals surface area contributed by atoms with Crippen molar-refractivity contribution in [1.82, 2.24) is 0 Å². The molecule has 0 spiro atoms. The van der Waals surface area contributed by atoms with Crippen molar-refractivity contribution >= 4 is 44.2 Å². The van der Waals surface area contributed by atoms with Crippen molar-refractivity contribution in [2.45, 2.75) is 17.5 Å². The summed E-state index contributed by atoms with van der Waals surface area (Å²) in [5, 5.41) is 8.47. The van der Waals surface area contributed by atoms with E-state index in [0.717, 1.165) is 0 Å². The first-order chi connectivity index (χ1) is 4.86. The molecule has 0 bridgehead atoms. The number of carbonyl (C=O) groups is 2. The Labute approximate surface area is 76.8 Å². The fourth-order valence-electron chi connectivity index (χ4n) is 0.526. The van der Waals surface area contributed by atoms with E-state index in [4.69, 9.17) is 5.11 Å². The highest BCUT2D eigenvalue weighted by Crippen LogP contribution is 2.23. The topological polar surface area (TPSA) is 54.4 Å². The Morgan fingerprint density at radius 3 is 2.18 bits per heavy atom. The van der Waals surface area contributed by atoms with E-state index < -0.39 is 10.6 Å². The van der Waals surface area contributed by atoms with Crippen LogP contribution in [0.3, 0.4) is 0 Å². The van der Waals surface area contributed by atoms with Crippen molar-refractivity contribution < 1.29 is 14.7 Å². The van der Waals surface area contributed by atoms with Gasteiger partial charge in [0.15, 0.2) is 5.12 Å². The maximum atomic E-state index is 10.6. The van der Waals surface area contributed by atoms with Crippen molar-refractivity contribution in [2.75, 3.05) is 0 Å². The van der Waals surface area contributed by atoms with Crippen LogP contribution in [0.4, 0.5) is 0 Å². The fraction of sp³-hybridized carbons (Fsp3) is 0.600. The quantitative estimate of drug-likeness (QED) is 0.421. The summed E-state index contributed by atoms with van der Waals surface area (Å²) >= 11 is 3.58. The molecule has 0 aromatic carbocycles. The molecular formula is C5H12O3SSi2. The Morgan fingerprint density at radius 1 is 1.45 bits per heavy atom. The molecular weight excluding hydrogens is 196 g/mol. The first-order valence-corrected chi connectivity index (χ1v) is 5.76. The maximum Gasteiger partial charge on any atom is 0.302 e. The normalized spacial score (nSPS) is 16.1. The minimum atomic E-state index is -0.759. The zero-order valence-electron chi connectivity index (χ0n) is 6.63. The van der Waals surface area contributed by atoms with Gasteiger partial charge in [-0.3, -0.25) is 9.59 Å².